The van der Waals surface area contributed by atoms with E-state index in [1.807, 2.05) is 12.1 Å². The third-order valence-corrected chi connectivity index (χ3v) is 8.84. The smallest absolute Gasteiger partial charge is 0.200 e. The van der Waals surface area contributed by atoms with Crippen molar-refractivity contribution in [3.63, 3.8) is 0 Å². The highest BCUT2D eigenvalue weighted by Gasteiger charge is 2.33. The molecule has 0 atom stereocenters. The van der Waals surface area contributed by atoms with Crippen LogP contribution in [0, 0.1) is 5.82 Å². The number of benzene rings is 3. The second kappa shape index (κ2) is 8.89. The van der Waals surface area contributed by atoms with Gasteiger partial charge in [-0.2, -0.15) is 0 Å². The van der Waals surface area contributed by atoms with Gasteiger partial charge >= 0.3 is 0 Å². The fourth-order valence-electron chi connectivity index (χ4n) is 5.75. The molecule has 1 aromatic heterocycles. The van der Waals surface area contributed by atoms with Crippen LogP contribution in [0.15, 0.2) is 77.1 Å². The zero-order valence-corrected chi connectivity index (χ0v) is 21.4. The molecule has 0 spiro atoms. The molecule has 3 aromatic carbocycles. The molecule has 1 fully saturated rings. The second-order valence-corrected chi connectivity index (χ2v) is 11.2. The lowest BCUT2D eigenvalue weighted by molar-refractivity contribution is 0.257. The Morgan fingerprint density at radius 1 is 1.05 bits per heavy atom. The molecule has 2 aliphatic heterocycles. The summed E-state index contributed by atoms with van der Waals surface area (Å²) in [6.07, 6.45) is 4.15. The molecule has 3 aliphatic rings. The van der Waals surface area contributed by atoms with Crippen molar-refractivity contribution < 1.29 is 4.39 Å². The number of fused-ring (bicyclic) bond motifs is 3. The molecule has 6 heteroatoms. The molecule has 4 aromatic rings. The van der Waals surface area contributed by atoms with Gasteiger partial charge in [0, 0.05) is 48.6 Å². The molecule has 0 amide bonds. The minimum absolute atomic E-state index is 0.143. The van der Waals surface area contributed by atoms with Gasteiger partial charge in [0.25, 0.3) is 0 Å². The maximum atomic E-state index is 15.5. The van der Waals surface area contributed by atoms with E-state index >= 15 is 4.39 Å². The molecule has 1 saturated carbocycles. The fourth-order valence-corrected chi connectivity index (χ4v) is 6.74. The van der Waals surface area contributed by atoms with Crippen molar-refractivity contribution in [2.24, 2.45) is 0 Å². The van der Waals surface area contributed by atoms with Crippen LogP contribution in [0.4, 0.5) is 4.39 Å². The molecule has 186 valence electrons. The summed E-state index contributed by atoms with van der Waals surface area (Å²) in [5.41, 5.74) is 7.28. The van der Waals surface area contributed by atoms with Crippen LogP contribution in [0.1, 0.15) is 41.1 Å². The van der Waals surface area contributed by atoms with Gasteiger partial charge in [-0.1, -0.05) is 55.1 Å². The molecule has 4 nitrogen and oxygen atoms in total. The molecule has 0 radical (unpaired) electrons. The molecule has 1 N–H and O–H groups in total. The van der Waals surface area contributed by atoms with Crippen molar-refractivity contribution >= 4 is 28.5 Å². The summed E-state index contributed by atoms with van der Waals surface area (Å²) in [5, 5.41) is 1.34. The lowest BCUT2D eigenvalue weighted by Gasteiger charge is -2.29. The van der Waals surface area contributed by atoms with E-state index in [4.69, 9.17) is 0 Å². The molecule has 0 bridgehead atoms. The maximum absolute atomic E-state index is 15.5. The van der Waals surface area contributed by atoms with Crippen LogP contribution in [0.25, 0.3) is 27.7 Å². The van der Waals surface area contributed by atoms with Gasteiger partial charge in [0.1, 0.15) is 10.8 Å². The van der Waals surface area contributed by atoms with Crippen LogP contribution < -0.4 is 10.2 Å². The number of nitrogens with zero attached hydrogens (tertiary/aromatic N) is 2. The SMILES string of the molecule is C=C1NSc2c1c(=O)c1cc(F)c(-c3ccc4c(c3)CCN(CCc3ccccc3)C4)cc1n2C1CC1. The van der Waals surface area contributed by atoms with Gasteiger partial charge in [-0.25, -0.2) is 4.39 Å². The number of hydrogen-bond donors (Lipinski definition) is 1. The summed E-state index contributed by atoms with van der Waals surface area (Å²) < 4.78 is 20.9. The average molecular weight is 510 g/mol. The van der Waals surface area contributed by atoms with E-state index in [0.717, 1.165) is 61.4 Å². The first-order chi connectivity index (χ1) is 18.1. The van der Waals surface area contributed by atoms with Crippen LogP contribution in [0.2, 0.25) is 0 Å². The summed E-state index contributed by atoms with van der Waals surface area (Å²) in [6.45, 7) is 6.96. The molecule has 1 aliphatic carbocycles. The first kappa shape index (κ1) is 22.8. The molecular formula is C31H28FN3OS. The number of halogens is 1. The highest BCUT2D eigenvalue weighted by Crippen LogP contribution is 2.44. The van der Waals surface area contributed by atoms with Crippen molar-refractivity contribution in [2.45, 2.75) is 43.3 Å². The van der Waals surface area contributed by atoms with Crippen molar-refractivity contribution in [1.29, 1.82) is 0 Å². The van der Waals surface area contributed by atoms with Crippen LogP contribution in [0.3, 0.4) is 0 Å². The van der Waals surface area contributed by atoms with Gasteiger partial charge < -0.3 is 9.29 Å². The first-order valence-electron chi connectivity index (χ1n) is 13.0. The van der Waals surface area contributed by atoms with Crippen LogP contribution in [-0.2, 0) is 19.4 Å². The summed E-state index contributed by atoms with van der Waals surface area (Å²) >= 11 is 1.44. The summed E-state index contributed by atoms with van der Waals surface area (Å²) in [6, 6.07) is 20.6. The van der Waals surface area contributed by atoms with Crippen molar-refractivity contribution in [2.75, 3.05) is 13.1 Å². The van der Waals surface area contributed by atoms with Gasteiger partial charge in [-0.3, -0.25) is 9.69 Å². The zero-order chi connectivity index (χ0) is 25.1. The van der Waals surface area contributed by atoms with Crippen molar-refractivity contribution in [3.05, 3.63) is 106 Å². The third-order valence-electron chi connectivity index (χ3n) is 7.90. The van der Waals surface area contributed by atoms with E-state index in [-0.39, 0.29) is 11.2 Å². The van der Waals surface area contributed by atoms with E-state index in [1.54, 1.807) is 0 Å². The fraction of sp³-hybridized carbons (Fsp3) is 0.258. The second-order valence-electron chi connectivity index (χ2n) is 10.4. The Hall–Kier alpha value is -3.35. The van der Waals surface area contributed by atoms with Gasteiger partial charge in [-0.05, 0) is 60.1 Å². The predicted octanol–water partition coefficient (Wildman–Crippen LogP) is 6.32. The van der Waals surface area contributed by atoms with Gasteiger partial charge in [0.05, 0.1) is 16.8 Å². The van der Waals surface area contributed by atoms with Gasteiger partial charge in [-0.15, -0.1) is 0 Å². The Kier molecular flexibility index (Phi) is 5.48. The highest BCUT2D eigenvalue weighted by molar-refractivity contribution is 7.98. The minimum atomic E-state index is -0.351. The summed E-state index contributed by atoms with van der Waals surface area (Å²) in [4.78, 5) is 15.8. The lowest BCUT2D eigenvalue weighted by Crippen LogP contribution is -2.32. The Morgan fingerprint density at radius 2 is 1.89 bits per heavy atom. The van der Waals surface area contributed by atoms with E-state index in [0.29, 0.717) is 28.3 Å². The Balaban J connectivity index is 1.22. The highest BCUT2D eigenvalue weighted by atomic mass is 32.2. The third kappa shape index (κ3) is 3.99. The number of nitrogens with one attached hydrogen (secondary N) is 1. The molecular weight excluding hydrogens is 481 g/mol. The van der Waals surface area contributed by atoms with Gasteiger partial charge in [0.15, 0.2) is 5.43 Å². The molecule has 3 heterocycles. The van der Waals surface area contributed by atoms with E-state index < -0.39 is 0 Å². The molecule has 0 unspecified atom stereocenters. The quantitative estimate of drug-likeness (QED) is 0.319. The van der Waals surface area contributed by atoms with E-state index in [9.17, 15) is 4.79 Å². The average Bonchev–Trinajstić information content (AvgIpc) is 3.69. The maximum Gasteiger partial charge on any atom is 0.200 e. The Bertz CT molecular complexity index is 1620. The number of pyridine rings is 1. The summed E-state index contributed by atoms with van der Waals surface area (Å²) in [5.74, 6) is -0.351. The monoisotopic (exact) mass is 509 g/mol. The number of rotatable bonds is 5. The zero-order valence-electron chi connectivity index (χ0n) is 20.6. The standard InChI is InChI=1S/C31H28FN3OS/c1-19-29-30(36)26-16-27(32)25(17-28(26)35(24-9-10-24)31(29)37-33-19)22-7-8-23-18-34(14-12-21(23)15-22)13-11-20-5-3-2-4-6-20/h2-8,15-17,24,33H,1,9-14,18H2. The topological polar surface area (TPSA) is 37.3 Å². The summed E-state index contributed by atoms with van der Waals surface area (Å²) in [7, 11) is 0. The number of aromatic nitrogens is 1. The van der Waals surface area contributed by atoms with E-state index in [2.05, 4.69) is 63.2 Å². The minimum Gasteiger partial charge on any atom is -0.330 e. The normalized spacial score (nSPS) is 17.1. The molecule has 0 saturated heterocycles. The van der Waals surface area contributed by atoms with Crippen LogP contribution in [0.5, 0.6) is 0 Å². The number of hydrogen-bond acceptors (Lipinski definition) is 4. The Morgan fingerprint density at radius 3 is 2.70 bits per heavy atom. The molecule has 37 heavy (non-hydrogen) atoms. The van der Waals surface area contributed by atoms with Crippen LogP contribution >= 0.6 is 11.9 Å². The molecule has 7 rings (SSSR count). The van der Waals surface area contributed by atoms with E-state index in [1.165, 1.54) is 34.7 Å². The van der Waals surface area contributed by atoms with Crippen LogP contribution in [-0.4, -0.2) is 22.6 Å². The Labute approximate surface area is 219 Å². The van der Waals surface area contributed by atoms with Crippen molar-refractivity contribution in [1.82, 2.24) is 14.2 Å². The predicted molar refractivity (Wildman–Crippen MR) is 149 cm³/mol. The largest absolute Gasteiger partial charge is 0.330 e. The first-order valence-corrected chi connectivity index (χ1v) is 13.8. The lowest BCUT2D eigenvalue weighted by atomic mass is 9.93. The van der Waals surface area contributed by atoms with Gasteiger partial charge in [0.2, 0.25) is 0 Å². The van der Waals surface area contributed by atoms with Crippen molar-refractivity contribution in [3.8, 4) is 11.1 Å².